The largest absolute Gasteiger partial charge is 0.496 e. The molecular formula is C14H23NO3. The molecule has 0 unspecified atom stereocenters. The first-order valence-corrected chi connectivity index (χ1v) is 6.13. The number of rotatable bonds is 6. The van der Waals surface area contributed by atoms with Crippen molar-refractivity contribution in [1.29, 1.82) is 0 Å². The smallest absolute Gasteiger partial charge is 0.126 e. The quantitative estimate of drug-likeness (QED) is 0.709. The fourth-order valence-corrected chi connectivity index (χ4v) is 2.03. The molecule has 0 aromatic heterocycles. The number of aryl methyl sites for hydroxylation is 2. The summed E-state index contributed by atoms with van der Waals surface area (Å²) in [6.07, 6.45) is 0. The summed E-state index contributed by atoms with van der Waals surface area (Å²) in [7, 11) is 1.67. The molecule has 0 bridgehead atoms. The normalized spacial score (nSPS) is 11.1. The van der Waals surface area contributed by atoms with Gasteiger partial charge in [-0.15, -0.1) is 0 Å². The lowest BCUT2D eigenvalue weighted by Crippen LogP contribution is -2.35. The number of nitrogens with one attached hydrogen (secondary N) is 1. The zero-order chi connectivity index (χ0) is 13.7. The van der Waals surface area contributed by atoms with E-state index in [-0.39, 0.29) is 19.3 Å². The second-order valence-electron chi connectivity index (χ2n) is 4.59. The van der Waals surface area contributed by atoms with Crippen molar-refractivity contribution in [3.63, 3.8) is 0 Å². The van der Waals surface area contributed by atoms with Gasteiger partial charge in [-0.2, -0.15) is 0 Å². The van der Waals surface area contributed by atoms with Gasteiger partial charge in [0.05, 0.1) is 26.4 Å². The second kappa shape index (κ2) is 6.73. The predicted octanol–water partition coefficient (Wildman–Crippen LogP) is 1.06. The van der Waals surface area contributed by atoms with Crippen LogP contribution in [0.25, 0.3) is 0 Å². The zero-order valence-corrected chi connectivity index (χ0v) is 11.6. The topological polar surface area (TPSA) is 61.7 Å². The molecule has 0 amide bonds. The number of aliphatic hydroxyl groups excluding tert-OH is 2. The molecule has 4 nitrogen and oxygen atoms in total. The third-order valence-corrected chi connectivity index (χ3v) is 3.33. The van der Waals surface area contributed by atoms with E-state index in [4.69, 9.17) is 14.9 Å². The van der Waals surface area contributed by atoms with Crippen molar-refractivity contribution >= 4 is 0 Å². The van der Waals surface area contributed by atoms with E-state index in [2.05, 4.69) is 18.3 Å². The van der Waals surface area contributed by atoms with Crippen LogP contribution >= 0.6 is 0 Å². The van der Waals surface area contributed by atoms with Gasteiger partial charge in [0.1, 0.15) is 5.75 Å². The molecular weight excluding hydrogens is 230 g/mol. The number of hydrogen-bond acceptors (Lipinski definition) is 4. The Labute approximate surface area is 109 Å². The zero-order valence-electron chi connectivity index (χ0n) is 11.6. The van der Waals surface area contributed by atoms with Crippen LogP contribution in [0, 0.1) is 20.8 Å². The molecule has 1 rings (SSSR count). The molecule has 0 atom stereocenters. The van der Waals surface area contributed by atoms with Gasteiger partial charge in [-0.3, -0.25) is 0 Å². The van der Waals surface area contributed by atoms with E-state index in [0.717, 1.165) is 22.4 Å². The Morgan fingerprint density at radius 1 is 1.17 bits per heavy atom. The summed E-state index contributed by atoms with van der Waals surface area (Å²) in [5.41, 5.74) is 4.56. The van der Waals surface area contributed by atoms with Crippen molar-refractivity contribution in [1.82, 2.24) is 5.32 Å². The van der Waals surface area contributed by atoms with Crippen molar-refractivity contribution < 1.29 is 14.9 Å². The molecule has 3 N–H and O–H groups in total. The van der Waals surface area contributed by atoms with Gasteiger partial charge in [0.25, 0.3) is 0 Å². The molecule has 18 heavy (non-hydrogen) atoms. The van der Waals surface area contributed by atoms with Gasteiger partial charge in [0.2, 0.25) is 0 Å². The summed E-state index contributed by atoms with van der Waals surface area (Å²) in [5, 5.41) is 21.2. The Kier molecular flexibility index (Phi) is 5.59. The molecule has 0 saturated heterocycles. The van der Waals surface area contributed by atoms with Crippen molar-refractivity contribution in [2.45, 2.75) is 33.4 Å². The van der Waals surface area contributed by atoms with E-state index in [0.29, 0.717) is 6.54 Å². The Balaban J connectivity index is 2.97. The highest BCUT2D eigenvalue weighted by Gasteiger charge is 2.13. The van der Waals surface area contributed by atoms with E-state index >= 15 is 0 Å². The van der Waals surface area contributed by atoms with Crippen LogP contribution in [0.1, 0.15) is 22.3 Å². The molecule has 0 spiro atoms. The highest BCUT2D eigenvalue weighted by molar-refractivity contribution is 5.49. The van der Waals surface area contributed by atoms with Crippen molar-refractivity contribution in [2.24, 2.45) is 0 Å². The highest BCUT2D eigenvalue weighted by Crippen LogP contribution is 2.29. The van der Waals surface area contributed by atoms with Gasteiger partial charge in [-0.05, 0) is 37.5 Å². The van der Waals surface area contributed by atoms with E-state index in [9.17, 15) is 0 Å². The first-order chi connectivity index (χ1) is 8.54. The maximum absolute atomic E-state index is 9.04. The van der Waals surface area contributed by atoms with Crippen LogP contribution in [0.2, 0.25) is 0 Å². The molecule has 0 fully saturated rings. The molecule has 0 saturated carbocycles. The van der Waals surface area contributed by atoms with Crippen LogP contribution < -0.4 is 10.1 Å². The number of hydrogen-bond donors (Lipinski definition) is 3. The van der Waals surface area contributed by atoms with Crippen molar-refractivity contribution in [3.8, 4) is 5.75 Å². The minimum atomic E-state index is -0.296. The summed E-state index contributed by atoms with van der Waals surface area (Å²) in [6, 6.07) is 1.83. The van der Waals surface area contributed by atoms with E-state index in [1.807, 2.05) is 13.8 Å². The first kappa shape index (κ1) is 15.0. The minimum Gasteiger partial charge on any atom is -0.496 e. The monoisotopic (exact) mass is 253 g/mol. The summed E-state index contributed by atoms with van der Waals surface area (Å²) in [4.78, 5) is 0. The fourth-order valence-electron chi connectivity index (χ4n) is 2.03. The van der Waals surface area contributed by atoms with E-state index < -0.39 is 0 Å². The third kappa shape index (κ3) is 3.22. The lowest BCUT2D eigenvalue weighted by atomic mass is 9.98. The molecule has 0 aliphatic heterocycles. The van der Waals surface area contributed by atoms with Gasteiger partial charge < -0.3 is 20.3 Å². The molecule has 0 radical (unpaired) electrons. The Bertz CT molecular complexity index is 401. The van der Waals surface area contributed by atoms with Crippen molar-refractivity contribution in [3.05, 3.63) is 28.3 Å². The summed E-state index contributed by atoms with van der Waals surface area (Å²) >= 11 is 0. The first-order valence-electron chi connectivity index (χ1n) is 6.13. The minimum absolute atomic E-state index is 0.0806. The Hall–Kier alpha value is -1.10. The highest BCUT2D eigenvalue weighted by atomic mass is 16.5. The average molecular weight is 253 g/mol. The van der Waals surface area contributed by atoms with Crippen LogP contribution in [0.3, 0.4) is 0 Å². The third-order valence-electron chi connectivity index (χ3n) is 3.33. The van der Waals surface area contributed by atoms with Crippen molar-refractivity contribution in [2.75, 3.05) is 20.3 Å². The molecule has 0 aliphatic carbocycles. The van der Waals surface area contributed by atoms with Crippen LogP contribution in [-0.2, 0) is 6.54 Å². The molecule has 1 aromatic rings. The van der Waals surface area contributed by atoms with Crippen LogP contribution in [0.5, 0.6) is 5.75 Å². The number of benzene rings is 1. The lowest BCUT2D eigenvalue weighted by Gasteiger charge is -2.19. The van der Waals surface area contributed by atoms with Gasteiger partial charge in [-0.1, -0.05) is 6.07 Å². The summed E-state index contributed by atoms with van der Waals surface area (Å²) in [5.74, 6) is 0.884. The number of aliphatic hydroxyl groups is 2. The molecule has 0 heterocycles. The standard InChI is InChI=1S/C14H23NO3/c1-9-5-10(2)13(14(18-4)11(9)3)6-15-12(7-16)8-17/h5,12,15-17H,6-8H2,1-4H3. The fraction of sp³-hybridized carbons (Fsp3) is 0.571. The second-order valence-corrected chi connectivity index (χ2v) is 4.59. The maximum atomic E-state index is 9.04. The van der Waals surface area contributed by atoms with Crippen LogP contribution in [-0.4, -0.2) is 36.6 Å². The predicted molar refractivity (Wildman–Crippen MR) is 72.0 cm³/mol. The SMILES string of the molecule is COc1c(C)c(C)cc(C)c1CNC(CO)CO. The van der Waals surface area contributed by atoms with Gasteiger partial charge in [0, 0.05) is 12.1 Å². The average Bonchev–Trinajstić information content (AvgIpc) is 2.36. The molecule has 1 aromatic carbocycles. The summed E-state index contributed by atoms with van der Waals surface area (Å²) < 4.78 is 5.47. The summed E-state index contributed by atoms with van der Waals surface area (Å²) in [6.45, 7) is 6.55. The van der Waals surface area contributed by atoms with Gasteiger partial charge in [-0.25, -0.2) is 0 Å². The van der Waals surface area contributed by atoms with E-state index in [1.54, 1.807) is 7.11 Å². The Morgan fingerprint density at radius 3 is 2.28 bits per heavy atom. The molecule has 4 heteroatoms. The lowest BCUT2D eigenvalue weighted by molar-refractivity contribution is 0.170. The number of ether oxygens (including phenoxy) is 1. The van der Waals surface area contributed by atoms with Gasteiger partial charge in [0.15, 0.2) is 0 Å². The van der Waals surface area contributed by atoms with Gasteiger partial charge >= 0.3 is 0 Å². The molecule has 102 valence electrons. The molecule has 0 aliphatic rings. The Morgan fingerprint density at radius 2 is 1.78 bits per heavy atom. The van der Waals surface area contributed by atoms with Crippen LogP contribution in [0.15, 0.2) is 6.07 Å². The van der Waals surface area contributed by atoms with Crippen LogP contribution in [0.4, 0.5) is 0 Å². The maximum Gasteiger partial charge on any atom is 0.126 e. The number of methoxy groups -OCH3 is 1. The van der Waals surface area contributed by atoms with E-state index in [1.165, 1.54) is 5.56 Å².